The number of aryl methyl sites for hydroxylation is 2. The van der Waals surface area contributed by atoms with Gasteiger partial charge in [0.25, 0.3) is 0 Å². The van der Waals surface area contributed by atoms with Gasteiger partial charge in [-0.2, -0.15) is 0 Å². The Bertz CT molecular complexity index is 763. The minimum Gasteiger partial charge on any atom is -0.461 e. The lowest BCUT2D eigenvalue weighted by atomic mass is 9.97. The second-order valence-corrected chi connectivity index (χ2v) is 5.99. The molecule has 4 rings (SSSR count). The molecule has 3 N–H and O–H groups in total. The third kappa shape index (κ3) is 1.72. The molecule has 0 saturated heterocycles. The molecule has 20 heavy (non-hydrogen) atoms. The zero-order chi connectivity index (χ0) is 13.5. The molecule has 3 aromatic rings. The van der Waals surface area contributed by atoms with E-state index in [-0.39, 0.29) is 0 Å². The predicted octanol–water partition coefficient (Wildman–Crippen LogP) is 3.12. The Balaban J connectivity index is 1.99. The van der Waals surface area contributed by atoms with Gasteiger partial charge in [0.2, 0.25) is 0 Å². The predicted molar refractivity (Wildman–Crippen MR) is 79.6 cm³/mol. The van der Waals surface area contributed by atoms with Crippen LogP contribution >= 0.6 is 11.3 Å². The Kier molecular flexibility index (Phi) is 2.71. The molecule has 6 heteroatoms. The van der Waals surface area contributed by atoms with Crippen LogP contribution < -0.4 is 11.3 Å². The smallest absolute Gasteiger partial charge is 0.199 e. The van der Waals surface area contributed by atoms with Gasteiger partial charge in [0.1, 0.15) is 4.83 Å². The molecule has 0 fully saturated rings. The molecule has 1 aliphatic carbocycles. The number of furan rings is 1. The Morgan fingerprint density at radius 3 is 2.95 bits per heavy atom. The molecule has 0 amide bonds. The van der Waals surface area contributed by atoms with Crippen molar-refractivity contribution in [3.05, 3.63) is 28.8 Å². The first-order chi connectivity index (χ1) is 9.86. The van der Waals surface area contributed by atoms with Crippen LogP contribution in [0.1, 0.15) is 23.3 Å². The van der Waals surface area contributed by atoms with Crippen LogP contribution in [0.4, 0.5) is 5.82 Å². The van der Waals surface area contributed by atoms with E-state index >= 15 is 0 Å². The van der Waals surface area contributed by atoms with E-state index in [1.54, 1.807) is 17.6 Å². The molecule has 0 atom stereocenters. The average molecular weight is 286 g/mol. The second kappa shape index (κ2) is 4.57. The van der Waals surface area contributed by atoms with Gasteiger partial charge in [-0.05, 0) is 43.4 Å². The lowest BCUT2D eigenvalue weighted by molar-refractivity contribution is 0.578. The number of thiophene rings is 1. The molecule has 0 aliphatic heterocycles. The topological polar surface area (TPSA) is 77.0 Å². The number of hydrogen-bond donors (Lipinski definition) is 2. The number of nitrogens with two attached hydrogens (primary N) is 1. The van der Waals surface area contributed by atoms with E-state index in [4.69, 9.17) is 10.3 Å². The van der Waals surface area contributed by atoms with E-state index in [0.717, 1.165) is 23.1 Å². The van der Waals surface area contributed by atoms with Crippen molar-refractivity contribution in [3.63, 3.8) is 0 Å². The zero-order valence-corrected chi connectivity index (χ0v) is 11.7. The molecule has 0 spiro atoms. The summed E-state index contributed by atoms with van der Waals surface area (Å²) in [5.74, 6) is 7.60. The summed E-state index contributed by atoms with van der Waals surface area (Å²) >= 11 is 1.75. The first-order valence-electron chi connectivity index (χ1n) is 6.69. The largest absolute Gasteiger partial charge is 0.461 e. The first kappa shape index (κ1) is 11.9. The molecule has 3 aromatic heterocycles. The minimum absolute atomic E-state index is 0.578. The highest BCUT2D eigenvalue weighted by atomic mass is 32.1. The summed E-state index contributed by atoms with van der Waals surface area (Å²) < 4.78 is 5.38. The third-order valence-corrected chi connectivity index (χ3v) is 4.88. The maximum atomic E-state index is 5.66. The van der Waals surface area contributed by atoms with Gasteiger partial charge in [0.05, 0.1) is 11.6 Å². The number of nitrogens with one attached hydrogen (secondary N) is 1. The van der Waals surface area contributed by atoms with Crippen molar-refractivity contribution in [2.24, 2.45) is 5.84 Å². The highest BCUT2D eigenvalue weighted by molar-refractivity contribution is 7.19. The SMILES string of the molecule is NNc1nc(-c2ccco2)nc2sc3c(c12)CCCC3. The highest BCUT2D eigenvalue weighted by Gasteiger charge is 2.21. The van der Waals surface area contributed by atoms with Gasteiger partial charge in [-0.25, -0.2) is 15.8 Å². The number of nitrogens with zero attached hydrogens (tertiary/aromatic N) is 2. The fourth-order valence-corrected chi connectivity index (χ4v) is 4.04. The summed E-state index contributed by atoms with van der Waals surface area (Å²) in [4.78, 5) is 11.6. The number of aromatic nitrogens is 2. The van der Waals surface area contributed by atoms with Crippen LogP contribution in [0.15, 0.2) is 22.8 Å². The van der Waals surface area contributed by atoms with Crippen molar-refractivity contribution >= 4 is 27.4 Å². The molecule has 1 aliphatic rings. The van der Waals surface area contributed by atoms with E-state index in [1.165, 1.54) is 23.3 Å². The Labute approximate surface area is 119 Å². The van der Waals surface area contributed by atoms with Crippen molar-refractivity contribution in [1.29, 1.82) is 0 Å². The summed E-state index contributed by atoms with van der Waals surface area (Å²) in [6, 6.07) is 3.69. The molecular weight excluding hydrogens is 272 g/mol. The Morgan fingerprint density at radius 1 is 1.25 bits per heavy atom. The van der Waals surface area contributed by atoms with E-state index in [2.05, 4.69) is 15.4 Å². The Morgan fingerprint density at radius 2 is 2.15 bits per heavy atom. The number of hydrazine groups is 1. The highest BCUT2D eigenvalue weighted by Crippen LogP contribution is 2.39. The van der Waals surface area contributed by atoms with Gasteiger partial charge >= 0.3 is 0 Å². The van der Waals surface area contributed by atoms with Crippen molar-refractivity contribution in [1.82, 2.24) is 9.97 Å². The van der Waals surface area contributed by atoms with Gasteiger partial charge < -0.3 is 9.84 Å². The fourth-order valence-electron chi connectivity index (χ4n) is 2.78. The second-order valence-electron chi connectivity index (χ2n) is 4.91. The van der Waals surface area contributed by atoms with Gasteiger partial charge in [-0.3, -0.25) is 0 Å². The summed E-state index contributed by atoms with van der Waals surface area (Å²) in [5.41, 5.74) is 4.09. The van der Waals surface area contributed by atoms with E-state index in [1.807, 2.05) is 12.1 Å². The van der Waals surface area contributed by atoms with E-state index in [0.29, 0.717) is 17.4 Å². The number of nitrogen functional groups attached to an aromatic ring is 1. The minimum atomic E-state index is 0.578. The van der Waals surface area contributed by atoms with Crippen LogP contribution in [0.25, 0.3) is 21.8 Å². The first-order valence-corrected chi connectivity index (χ1v) is 7.51. The average Bonchev–Trinajstić information content (AvgIpc) is 3.13. The summed E-state index contributed by atoms with van der Waals surface area (Å²) in [6.45, 7) is 0. The van der Waals surface area contributed by atoms with E-state index < -0.39 is 0 Å². The van der Waals surface area contributed by atoms with Crippen LogP contribution in [0.3, 0.4) is 0 Å². The molecule has 5 nitrogen and oxygen atoms in total. The molecule has 0 saturated carbocycles. The molecule has 0 aromatic carbocycles. The van der Waals surface area contributed by atoms with Gasteiger partial charge in [-0.1, -0.05) is 0 Å². The third-order valence-electron chi connectivity index (χ3n) is 3.69. The van der Waals surface area contributed by atoms with Gasteiger partial charge in [0, 0.05) is 4.88 Å². The van der Waals surface area contributed by atoms with Crippen LogP contribution in [0, 0.1) is 0 Å². The van der Waals surface area contributed by atoms with Crippen molar-refractivity contribution in [3.8, 4) is 11.6 Å². The van der Waals surface area contributed by atoms with Crippen LogP contribution in [-0.4, -0.2) is 9.97 Å². The number of fused-ring (bicyclic) bond motifs is 3. The zero-order valence-electron chi connectivity index (χ0n) is 10.8. The summed E-state index contributed by atoms with van der Waals surface area (Å²) in [7, 11) is 0. The molecule has 102 valence electrons. The van der Waals surface area contributed by atoms with Crippen molar-refractivity contribution in [2.75, 3.05) is 5.43 Å². The van der Waals surface area contributed by atoms with E-state index in [9.17, 15) is 0 Å². The van der Waals surface area contributed by atoms with Crippen LogP contribution in [0.2, 0.25) is 0 Å². The maximum absolute atomic E-state index is 5.66. The molecule has 0 unspecified atom stereocenters. The lowest BCUT2D eigenvalue weighted by Gasteiger charge is -2.11. The van der Waals surface area contributed by atoms with Crippen LogP contribution in [0.5, 0.6) is 0 Å². The van der Waals surface area contributed by atoms with Crippen molar-refractivity contribution < 1.29 is 4.42 Å². The van der Waals surface area contributed by atoms with Crippen LogP contribution in [-0.2, 0) is 12.8 Å². The number of rotatable bonds is 2. The Hall–Kier alpha value is -1.92. The summed E-state index contributed by atoms with van der Waals surface area (Å²) in [5, 5.41) is 1.09. The van der Waals surface area contributed by atoms with Gasteiger partial charge in [0.15, 0.2) is 17.4 Å². The summed E-state index contributed by atoms with van der Waals surface area (Å²) in [6.07, 6.45) is 6.33. The number of hydrogen-bond acceptors (Lipinski definition) is 6. The quantitative estimate of drug-likeness (QED) is 0.559. The number of anilines is 1. The molecule has 0 bridgehead atoms. The normalized spacial score (nSPS) is 14.4. The van der Waals surface area contributed by atoms with Gasteiger partial charge in [-0.15, -0.1) is 11.3 Å². The lowest BCUT2D eigenvalue weighted by Crippen LogP contribution is -2.11. The fraction of sp³-hybridized carbons (Fsp3) is 0.286. The van der Waals surface area contributed by atoms with Crippen molar-refractivity contribution in [2.45, 2.75) is 25.7 Å². The molecule has 0 radical (unpaired) electrons. The molecule has 3 heterocycles. The molecular formula is C14H14N4OS. The maximum Gasteiger partial charge on any atom is 0.199 e. The standard InChI is InChI=1S/C14H14N4OS/c15-18-13-11-8-4-1-2-6-10(8)20-14(11)17-12(16-13)9-5-3-7-19-9/h3,5,7H,1-2,4,6,15H2,(H,16,17,18). The monoisotopic (exact) mass is 286 g/mol.